The predicted molar refractivity (Wildman–Crippen MR) is 128 cm³/mol. The molecule has 0 bridgehead atoms. The van der Waals surface area contributed by atoms with Gasteiger partial charge in [0.2, 0.25) is 5.91 Å². The van der Waals surface area contributed by atoms with Gasteiger partial charge in [0.1, 0.15) is 6.61 Å². The quantitative estimate of drug-likeness (QED) is 0.307. The van der Waals surface area contributed by atoms with Crippen LogP contribution >= 0.6 is 0 Å². The van der Waals surface area contributed by atoms with Gasteiger partial charge in [-0.3, -0.25) is 9.89 Å². The molecule has 0 radical (unpaired) electrons. The zero-order chi connectivity index (χ0) is 23.0. The molecule has 2 aromatic heterocycles. The van der Waals surface area contributed by atoms with Crippen molar-refractivity contribution in [3.63, 3.8) is 0 Å². The lowest BCUT2D eigenvalue weighted by Crippen LogP contribution is -2.10. The van der Waals surface area contributed by atoms with Crippen LogP contribution in [0.2, 0.25) is 0 Å². The number of benzene rings is 2. The number of anilines is 3. The van der Waals surface area contributed by atoms with E-state index in [4.69, 9.17) is 14.5 Å². The third-order valence-corrected chi connectivity index (χ3v) is 4.88. The molecular formula is C24H26N6O3. The van der Waals surface area contributed by atoms with Crippen molar-refractivity contribution in [1.82, 2.24) is 20.2 Å². The fraction of sp³-hybridized carbons (Fsp3) is 0.250. The molecule has 0 aliphatic rings. The first-order chi connectivity index (χ1) is 16.2. The highest BCUT2D eigenvalue weighted by molar-refractivity contribution is 5.91. The Bertz CT molecular complexity index is 1240. The Kier molecular flexibility index (Phi) is 7.11. The molecular weight excluding hydrogens is 420 g/mol. The van der Waals surface area contributed by atoms with Crippen molar-refractivity contribution in [2.75, 3.05) is 31.0 Å². The van der Waals surface area contributed by atoms with Crippen LogP contribution in [0.3, 0.4) is 0 Å². The Hall–Kier alpha value is -3.98. The van der Waals surface area contributed by atoms with Gasteiger partial charge in [-0.15, -0.1) is 0 Å². The maximum absolute atomic E-state index is 12.0. The van der Waals surface area contributed by atoms with E-state index in [0.717, 1.165) is 28.6 Å². The van der Waals surface area contributed by atoms with Crippen LogP contribution < -0.4 is 15.4 Å². The van der Waals surface area contributed by atoms with E-state index in [0.29, 0.717) is 42.7 Å². The molecule has 9 nitrogen and oxygen atoms in total. The summed E-state index contributed by atoms with van der Waals surface area (Å²) in [6.07, 6.45) is 4.67. The number of amides is 1. The van der Waals surface area contributed by atoms with Crippen LogP contribution in [0.1, 0.15) is 19.8 Å². The van der Waals surface area contributed by atoms with E-state index in [2.05, 4.69) is 25.8 Å². The predicted octanol–water partition coefficient (Wildman–Crippen LogP) is 4.53. The van der Waals surface area contributed by atoms with Gasteiger partial charge in [0.25, 0.3) is 0 Å². The number of hydrogen-bond acceptors (Lipinski definition) is 7. The topological polar surface area (TPSA) is 114 Å². The number of aromatic amines is 1. The van der Waals surface area contributed by atoms with Crippen LogP contribution in [-0.4, -0.2) is 46.4 Å². The molecule has 0 unspecified atom stereocenters. The highest BCUT2D eigenvalue weighted by atomic mass is 16.5. The molecule has 33 heavy (non-hydrogen) atoms. The lowest BCUT2D eigenvalue weighted by molar-refractivity contribution is -0.116. The Morgan fingerprint density at radius 2 is 2.00 bits per heavy atom. The zero-order valence-electron chi connectivity index (χ0n) is 18.6. The number of carbonyl (C=O) groups is 1. The normalized spacial score (nSPS) is 10.8. The zero-order valence-corrected chi connectivity index (χ0v) is 18.6. The molecule has 2 heterocycles. The maximum atomic E-state index is 12.0. The average Bonchev–Trinajstić information content (AvgIpc) is 3.28. The van der Waals surface area contributed by atoms with Crippen LogP contribution in [0.15, 0.2) is 54.9 Å². The van der Waals surface area contributed by atoms with Crippen molar-refractivity contribution >= 4 is 34.0 Å². The Morgan fingerprint density at radius 3 is 2.85 bits per heavy atom. The van der Waals surface area contributed by atoms with Crippen molar-refractivity contribution in [3.8, 4) is 17.1 Å². The van der Waals surface area contributed by atoms with Crippen LogP contribution in [-0.2, 0) is 9.53 Å². The van der Waals surface area contributed by atoms with Gasteiger partial charge in [-0.2, -0.15) is 5.10 Å². The number of carbonyl (C=O) groups excluding carboxylic acids is 1. The summed E-state index contributed by atoms with van der Waals surface area (Å²) in [6, 6.07) is 13.3. The lowest BCUT2D eigenvalue weighted by atomic mass is 10.2. The number of fused-ring (bicyclic) bond motifs is 1. The second-order valence-electron chi connectivity index (χ2n) is 7.42. The van der Waals surface area contributed by atoms with Crippen molar-refractivity contribution in [3.05, 3.63) is 54.9 Å². The van der Waals surface area contributed by atoms with Gasteiger partial charge in [-0.1, -0.05) is 19.1 Å². The van der Waals surface area contributed by atoms with E-state index in [9.17, 15) is 4.79 Å². The minimum Gasteiger partial charge on any atom is -0.486 e. The van der Waals surface area contributed by atoms with Crippen LogP contribution in [0.25, 0.3) is 22.3 Å². The number of methoxy groups -OCH3 is 1. The molecule has 170 valence electrons. The number of rotatable bonds is 10. The van der Waals surface area contributed by atoms with E-state index in [1.54, 1.807) is 19.5 Å². The summed E-state index contributed by atoms with van der Waals surface area (Å²) < 4.78 is 10.9. The molecule has 3 N–H and O–H groups in total. The van der Waals surface area contributed by atoms with Gasteiger partial charge in [0.15, 0.2) is 17.4 Å². The monoisotopic (exact) mass is 446 g/mol. The number of nitrogens with zero attached hydrogens (tertiary/aromatic N) is 3. The van der Waals surface area contributed by atoms with Gasteiger partial charge in [0, 0.05) is 35.9 Å². The van der Waals surface area contributed by atoms with Crippen molar-refractivity contribution in [1.29, 1.82) is 0 Å². The highest BCUT2D eigenvalue weighted by Crippen LogP contribution is 2.30. The standard InChI is InChI=1S/C24H26N6O3/c1-3-5-22(31)27-18-7-4-6-16(12-18)23-25-15-21(33-11-10-32-2)24(29-23)28-19-8-9-20-17(13-19)14-26-30-20/h4,6-9,12-15H,3,5,10-11H2,1-2H3,(H,26,30)(H,27,31)(H,25,28,29). The molecule has 4 aromatic rings. The molecule has 2 aromatic carbocycles. The number of nitrogens with one attached hydrogen (secondary N) is 3. The SMILES string of the molecule is CCCC(=O)Nc1cccc(-c2ncc(OCCOC)c(Nc3ccc4[nH]ncc4c3)n2)c1. The summed E-state index contributed by atoms with van der Waals surface area (Å²) >= 11 is 0. The van der Waals surface area contributed by atoms with Crippen molar-refractivity contribution < 1.29 is 14.3 Å². The van der Waals surface area contributed by atoms with E-state index < -0.39 is 0 Å². The minimum atomic E-state index is -0.0190. The summed E-state index contributed by atoms with van der Waals surface area (Å²) in [4.78, 5) is 21.2. The van der Waals surface area contributed by atoms with Gasteiger partial charge < -0.3 is 20.1 Å². The summed E-state index contributed by atoms with van der Waals surface area (Å²) in [7, 11) is 1.62. The number of hydrogen-bond donors (Lipinski definition) is 3. The van der Waals surface area contributed by atoms with Gasteiger partial charge in [0.05, 0.1) is 24.5 Å². The molecule has 0 spiro atoms. The lowest BCUT2D eigenvalue weighted by Gasteiger charge is -2.14. The first-order valence-electron chi connectivity index (χ1n) is 10.8. The molecule has 1 amide bonds. The number of H-pyrrole nitrogens is 1. The Morgan fingerprint density at radius 1 is 1.09 bits per heavy atom. The Labute approximate surface area is 191 Å². The molecule has 0 fully saturated rings. The summed E-state index contributed by atoms with van der Waals surface area (Å²) in [5.41, 5.74) is 3.27. The fourth-order valence-corrected chi connectivity index (χ4v) is 3.28. The highest BCUT2D eigenvalue weighted by Gasteiger charge is 2.12. The first kappa shape index (κ1) is 22.2. The van der Waals surface area contributed by atoms with Crippen molar-refractivity contribution in [2.24, 2.45) is 0 Å². The second-order valence-corrected chi connectivity index (χ2v) is 7.42. The van der Waals surface area contributed by atoms with E-state index in [-0.39, 0.29) is 5.91 Å². The molecule has 0 aliphatic heterocycles. The number of ether oxygens (including phenoxy) is 2. The van der Waals surface area contributed by atoms with Crippen LogP contribution in [0, 0.1) is 0 Å². The third kappa shape index (κ3) is 5.64. The smallest absolute Gasteiger partial charge is 0.224 e. The third-order valence-electron chi connectivity index (χ3n) is 4.88. The summed E-state index contributed by atoms with van der Waals surface area (Å²) in [5.74, 6) is 1.52. The van der Waals surface area contributed by atoms with E-state index in [1.165, 1.54) is 0 Å². The second kappa shape index (κ2) is 10.6. The Balaban J connectivity index is 1.63. The largest absolute Gasteiger partial charge is 0.486 e. The molecule has 0 saturated carbocycles. The summed E-state index contributed by atoms with van der Waals surface area (Å²) in [5, 5.41) is 14.2. The molecule has 9 heteroatoms. The summed E-state index contributed by atoms with van der Waals surface area (Å²) in [6.45, 7) is 2.79. The molecule has 0 atom stereocenters. The molecule has 0 aliphatic carbocycles. The molecule has 4 rings (SSSR count). The van der Waals surface area contributed by atoms with Crippen LogP contribution in [0.5, 0.6) is 5.75 Å². The van der Waals surface area contributed by atoms with Crippen molar-refractivity contribution in [2.45, 2.75) is 19.8 Å². The van der Waals surface area contributed by atoms with E-state index >= 15 is 0 Å². The van der Waals surface area contributed by atoms with Crippen LogP contribution in [0.4, 0.5) is 17.2 Å². The fourth-order valence-electron chi connectivity index (χ4n) is 3.28. The van der Waals surface area contributed by atoms with E-state index in [1.807, 2.05) is 49.4 Å². The number of aromatic nitrogens is 4. The maximum Gasteiger partial charge on any atom is 0.224 e. The van der Waals surface area contributed by atoms with Gasteiger partial charge >= 0.3 is 0 Å². The minimum absolute atomic E-state index is 0.0190. The molecule has 0 saturated heterocycles. The first-order valence-corrected chi connectivity index (χ1v) is 10.8. The van der Waals surface area contributed by atoms with Gasteiger partial charge in [-0.25, -0.2) is 9.97 Å². The average molecular weight is 447 g/mol. The van der Waals surface area contributed by atoms with Gasteiger partial charge in [-0.05, 0) is 36.8 Å².